The molecule has 0 saturated carbocycles. The van der Waals surface area contributed by atoms with Crippen LogP contribution in [0.5, 0.6) is 5.75 Å². The first-order chi connectivity index (χ1) is 23.8. The third-order valence-corrected chi connectivity index (χ3v) is 9.50. The highest BCUT2D eigenvalue weighted by Gasteiger charge is 2.48. The summed E-state index contributed by atoms with van der Waals surface area (Å²) in [6.07, 6.45) is 10.4. The molecule has 10 nitrogen and oxygen atoms in total. The number of nitrogen functional groups attached to an aromatic ring is 1. The molecule has 248 valence electrons. The van der Waals surface area contributed by atoms with Gasteiger partial charge in [0.25, 0.3) is 5.91 Å². The molecule has 5 heterocycles. The molecule has 0 radical (unpaired) electrons. The fourth-order valence-electron chi connectivity index (χ4n) is 7.16. The van der Waals surface area contributed by atoms with Crippen LogP contribution in [0, 0.1) is 5.41 Å². The molecule has 2 aliphatic heterocycles. The van der Waals surface area contributed by atoms with Crippen LogP contribution in [-0.2, 0) is 6.54 Å². The van der Waals surface area contributed by atoms with Crippen molar-refractivity contribution in [3.05, 3.63) is 114 Å². The summed E-state index contributed by atoms with van der Waals surface area (Å²) < 4.78 is 2.06. The largest absolute Gasteiger partial charge is 0.507 e. The average Bonchev–Trinajstić information content (AvgIpc) is 3.71. The Hall–Kier alpha value is -5.61. The maximum Gasteiger partial charge on any atom is 0.253 e. The second-order valence-electron chi connectivity index (χ2n) is 13.0. The standard InChI is InChI=1S/C39H39N7O3/c1-3-6-27(7-4-2)32-14-15-33-37(42-32)46(36(43-33)31-8-5-18-41-35(31)40)30-12-9-26(10-13-30)21-44-23-39(24-44)17-19-45(25-39)38(49)28-11-16-34(48)29(20-28)22-47/h3,5-16,18,20,22,48H,4,17,19,21,23-25H2,1-2H3,(H2,40,41)/b6-3-,27-7+. The van der Waals surface area contributed by atoms with Crippen LogP contribution in [0.4, 0.5) is 5.82 Å². The summed E-state index contributed by atoms with van der Waals surface area (Å²) >= 11 is 0. The van der Waals surface area contributed by atoms with Crippen molar-refractivity contribution in [3.8, 4) is 22.8 Å². The predicted molar refractivity (Wildman–Crippen MR) is 191 cm³/mol. The Kier molecular flexibility index (Phi) is 8.56. The average molecular weight is 654 g/mol. The molecule has 5 aromatic rings. The number of carbonyl (C=O) groups is 2. The van der Waals surface area contributed by atoms with Crippen molar-refractivity contribution < 1.29 is 14.7 Å². The van der Waals surface area contributed by atoms with Crippen molar-refractivity contribution in [3.63, 3.8) is 0 Å². The number of carbonyl (C=O) groups excluding carboxylic acids is 2. The van der Waals surface area contributed by atoms with Crippen molar-refractivity contribution in [2.75, 3.05) is 31.9 Å². The van der Waals surface area contributed by atoms with Crippen LogP contribution in [0.25, 0.3) is 33.8 Å². The van der Waals surface area contributed by atoms with Crippen molar-refractivity contribution in [1.82, 2.24) is 29.3 Å². The lowest BCUT2D eigenvalue weighted by Crippen LogP contribution is -2.57. The molecule has 2 fully saturated rings. The molecule has 0 aliphatic carbocycles. The minimum absolute atomic E-state index is 0.0791. The lowest BCUT2D eigenvalue weighted by Gasteiger charge is -2.48. The Morgan fingerprint density at radius 3 is 2.59 bits per heavy atom. The summed E-state index contributed by atoms with van der Waals surface area (Å²) in [5.74, 6) is 0.872. The van der Waals surface area contributed by atoms with Gasteiger partial charge in [-0.3, -0.25) is 19.1 Å². The number of rotatable bonds is 9. The Labute approximate surface area is 285 Å². The maximum absolute atomic E-state index is 13.2. The van der Waals surface area contributed by atoms with Crippen molar-refractivity contribution in [2.45, 2.75) is 33.2 Å². The number of anilines is 1. The molecule has 0 unspecified atom stereocenters. The van der Waals surface area contributed by atoms with Crippen LogP contribution in [0.3, 0.4) is 0 Å². The molecule has 1 spiro atoms. The molecule has 0 atom stereocenters. The third-order valence-electron chi connectivity index (χ3n) is 9.50. The van der Waals surface area contributed by atoms with Crippen LogP contribution in [0.15, 0.2) is 91.2 Å². The van der Waals surface area contributed by atoms with Crippen LogP contribution < -0.4 is 5.73 Å². The fourth-order valence-corrected chi connectivity index (χ4v) is 7.16. The van der Waals surface area contributed by atoms with E-state index in [4.69, 9.17) is 15.7 Å². The van der Waals surface area contributed by atoms with Gasteiger partial charge in [-0.15, -0.1) is 0 Å². The first-order valence-electron chi connectivity index (χ1n) is 16.6. The molecule has 3 aromatic heterocycles. The summed E-state index contributed by atoms with van der Waals surface area (Å²) in [4.78, 5) is 43.1. The number of pyridine rings is 2. The number of benzene rings is 2. The number of amides is 1. The van der Waals surface area contributed by atoms with Gasteiger partial charge in [-0.2, -0.15) is 0 Å². The molecule has 3 N–H and O–H groups in total. The molecule has 2 saturated heterocycles. The number of nitrogens with two attached hydrogens (primary N) is 1. The zero-order chi connectivity index (χ0) is 34.1. The Bertz CT molecular complexity index is 2110. The lowest BCUT2D eigenvalue weighted by molar-refractivity contribution is 0.00260. The van der Waals surface area contributed by atoms with Gasteiger partial charge in [0.15, 0.2) is 17.8 Å². The van der Waals surface area contributed by atoms with Gasteiger partial charge in [0.1, 0.15) is 17.1 Å². The third kappa shape index (κ3) is 6.11. The van der Waals surface area contributed by atoms with Crippen LogP contribution >= 0.6 is 0 Å². The summed E-state index contributed by atoms with van der Waals surface area (Å²) in [6, 6.07) is 20.8. The molecule has 49 heavy (non-hydrogen) atoms. The van der Waals surface area contributed by atoms with Crippen LogP contribution in [0.2, 0.25) is 0 Å². The molecular weight excluding hydrogens is 614 g/mol. The van der Waals surface area contributed by atoms with Gasteiger partial charge in [0.05, 0.1) is 16.8 Å². The van der Waals surface area contributed by atoms with Gasteiger partial charge in [-0.1, -0.05) is 37.3 Å². The first kappa shape index (κ1) is 32.0. The fraction of sp³-hybridized carbons (Fsp3) is 0.256. The van der Waals surface area contributed by atoms with Crippen molar-refractivity contribution >= 4 is 34.7 Å². The number of hydrogen-bond acceptors (Lipinski definition) is 8. The first-order valence-corrected chi connectivity index (χ1v) is 16.6. The van der Waals surface area contributed by atoms with Gasteiger partial charge in [0, 0.05) is 55.6 Å². The highest BCUT2D eigenvalue weighted by atomic mass is 16.3. The van der Waals surface area contributed by atoms with Gasteiger partial charge in [-0.05, 0) is 85.5 Å². The van der Waals surface area contributed by atoms with E-state index >= 15 is 0 Å². The van der Waals surface area contributed by atoms with Gasteiger partial charge in [0.2, 0.25) is 0 Å². The predicted octanol–water partition coefficient (Wildman–Crippen LogP) is 6.30. The van der Waals surface area contributed by atoms with Gasteiger partial charge < -0.3 is 15.7 Å². The highest BCUT2D eigenvalue weighted by Crippen LogP contribution is 2.41. The normalized spacial score (nSPS) is 16.1. The number of aromatic nitrogens is 4. The minimum Gasteiger partial charge on any atom is -0.507 e. The Morgan fingerprint density at radius 1 is 1.04 bits per heavy atom. The second-order valence-corrected chi connectivity index (χ2v) is 13.0. The zero-order valence-electron chi connectivity index (χ0n) is 27.7. The molecule has 1 amide bonds. The van der Waals surface area contributed by atoms with Crippen molar-refractivity contribution in [2.24, 2.45) is 5.41 Å². The number of likely N-dealkylation sites (tertiary alicyclic amines) is 2. The second kappa shape index (κ2) is 13.1. The van der Waals surface area contributed by atoms with E-state index < -0.39 is 0 Å². The van der Waals surface area contributed by atoms with E-state index in [2.05, 4.69) is 57.8 Å². The van der Waals surface area contributed by atoms with Crippen LogP contribution in [0.1, 0.15) is 58.7 Å². The lowest BCUT2D eigenvalue weighted by atomic mass is 9.79. The Morgan fingerprint density at radius 2 is 1.86 bits per heavy atom. The summed E-state index contributed by atoms with van der Waals surface area (Å²) in [5.41, 5.74) is 13.3. The number of aldehydes is 1. The number of phenols is 1. The van der Waals surface area contributed by atoms with Crippen molar-refractivity contribution in [1.29, 1.82) is 0 Å². The van der Waals surface area contributed by atoms with E-state index in [0.29, 0.717) is 36.6 Å². The molecule has 10 heteroatoms. The van der Waals surface area contributed by atoms with E-state index in [1.54, 1.807) is 12.3 Å². The molecular formula is C39H39N7O3. The molecule has 0 bridgehead atoms. The molecule has 2 aliphatic rings. The minimum atomic E-state index is -0.117. The SMILES string of the molecule is C/C=C\C(=C/CC)c1ccc2nc(-c3cccnc3N)n(-c3ccc(CN4CC5(CCN(C(=O)c6ccc(O)c(C=O)c6)C5)C4)cc3)c2n1. The number of hydrogen-bond donors (Lipinski definition) is 2. The number of aromatic hydroxyl groups is 1. The number of imidazole rings is 1. The number of phenolic OH excluding ortho intramolecular Hbond substituents is 1. The van der Waals surface area contributed by atoms with E-state index in [1.165, 1.54) is 17.7 Å². The monoisotopic (exact) mass is 653 g/mol. The Balaban J connectivity index is 1.10. The molecule has 7 rings (SSSR count). The number of fused-ring (bicyclic) bond motifs is 1. The maximum atomic E-state index is 13.2. The van der Waals surface area contributed by atoms with E-state index in [1.807, 2.05) is 42.2 Å². The van der Waals surface area contributed by atoms with E-state index in [-0.39, 0.29) is 22.6 Å². The van der Waals surface area contributed by atoms with E-state index in [9.17, 15) is 14.7 Å². The van der Waals surface area contributed by atoms with Gasteiger partial charge in [-0.25, -0.2) is 15.0 Å². The smallest absolute Gasteiger partial charge is 0.253 e. The topological polar surface area (TPSA) is 130 Å². The summed E-state index contributed by atoms with van der Waals surface area (Å²) in [7, 11) is 0. The number of allylic oxidation sites excluding steroid dienone is 4. The van der Waals surface area contributed by atoms with Gasteiger partial charge >= 0.3 is 0 Å². The van der Waals surface area contributed by atoms with Crippen LogP contribution in [-0.4, -0.2) is 72.8 Å². The van der Waals surface area contributed by atoms with E-state index in [0.717, 1.165) is 66.2 Å². The number of nitrogens with zero attached hydrogens (tertiary/aromatic N) is 6. The summed E-state index contributed by atoms with van der Waals surface area (Å²) in [6.45, 7) is 8.12. The summed E-state index contributed by atoms with van der Waals surface area (Å²) in [5, 5.41) is 9.82. The zero-order valence-corrected chi connectivity index (χ0v) is 27.7. The highest BCUT2D eigenvalue weighted by molar-refractivity contribution is 5.96. The quantitative estimate of drug-likeness (QED) is 0.140. The molecule has 2 aromatic carbocycles.